The molecule has 0 unspecified atom stereocenters. The molecular formula is C11H12BrFO. The van der Waals surface area contributed by atoms with Crippen molar-refractivity contribution >= 4 is 15.9 Å². The van der Waals surface area contributed by atoms with Gasteiger partial charge in [0.1, 0.15) is 5.82 Å². The largest absolute Gasteiger partial charge is 0.376 e. The van der Waals surface area contributed by atoms with E-state index in [4.69, 9.17) is 4.74 Å². The molecule has 0 atom stereocenters. The Bertz CT molecular complexity index is 323. The van der Waals surface area contributed by atoms with Crippen LogP contribution in [0.25, 0.3) is 0 Å². The van der Waals surface area contributed by atoms with Crippen molar-refractivity contribution in [2.24, 2.45) is 5.92 Å². The minimum absolute atomic E-state index is 0.210. The Kier molecular flexibility index (Phi) is 3.19. The van der Waals surface area contributed by atoms with Gasteiger partial charge in [0.05, 0.1) is 6.61 Å². The summed E-state index contributed by atoms with van der Waals surface area (Å²) in [6.07, 6.45) is 2.56. The lowest BCUT2D eigenvalue weighted by atomic mass is 10.2. The Balaban J connectivity index is 1.89. The predicted octanol–water partition coefficient (Wildman–Crippen LogP) is 3.51. The third-order valence-electron chi connectivity index (χ3n) is 2.32. The lowest BCUT2D eigenvalue weighted by Crippen LogP contribution is -1.98. The summed E-state index contributed by atoms with van der Waals surface area (Å²) in [7, 11) is 0. The van der Waals surface area contributed by atoms with E-state index < -0.39 is 0 Å². The van der Waals surface area contributed by atoms with Gasteiger partial charge in [-0.2, -0.15) is 0 Å². The van der Waals surface area contributed by atoms with Crippen LogP contribution in [-0.4, -0.2) is 6.61 Å². The number of rotatable bonds is 4. The first kappa shape index (κ1) is 10.1. The molecule has 0 aromatic heterocycles. The molecule has 76 valence electrons. The monoisotopic (exact) mass is 258 g/mol. The fourth-order valence-corrected chi connectivity index (χ4v) is 1.64. The SMILES string of the molecule is Fc1ccc(Br)c(COCC2CC2)c1. The van der Waals surface area contributed by atoms with Gasteiger partial charge in [0.15, 0.2) is 0 Å². The Labute approximate surface area is 91.4 Å². The van der Waals surface area contributed by atoms with Crippen molar-refractivity contribution in [2.75, 3.05) is 6.61 Å². The molecule has 0 radical (unpaired) electrons. The van der Waals surface area contributed by atoms with E-state index in [0.29, 0.717) is 6.61 Å². The average molecular weight is 259 g/mol. The molecule has 1 aromatic carbocycles. The van der Waals surface area contributed by atoms with E-state index in [0.717, 1.165) is 22.6 Å². The maximum Gasteiger partial charge on any atom is 0.123 e. The Hall–Kier alpha value is -0.410. The second-order valence-electron chi connectivity index (χ2n) is 3.69. The summed E-state index contributed by atoms with van der Waals surface area (Å²) >= 11 is 3.37. The molecule has 0 spiro atoms. The molecule has 3 heteroatoms. The fourth-order valence-electron chi connectivity index (χ4n) is 1.27. The first-order chi connectivity index (χ1) is 6.75. The summed E-state index contributed by atoms with van der Waals surface area (Å²) in [5.74, 6) is 0.542. The van der Waals surface area contributed by atoms with Gasteiger partial charge in [-0.25, -0.2) is 4.39 Å². The van der Waals surface area contributed by atoms with Crippen molar-refractivity contribution < 1.29 is 9.13 Å². The molecule has 1 fully saturated rings. The average Bonchev–Trinajstić information content (AvgIpc) is 2.95. The van der Waals surface area contributed by atoms with Crippen molar-refractivity contribution in [3.05, 3.63) is 34.1 Å². The zero-order chi connectivity index (χ0) is 9.97. The van der Waals surface area contributed by atoms with Crippen molar-refractivity contribution in [3.8, 4) is 0 Å². The first-order valence-electron chi connectivity index (χ1n) is 4.77. The quantitative estimate of drug-likeness (QED) is 0.803. The van der Waals surface area contributed by atoms with Crippen LogP contribution in [0.2, 0.25) is 0 Å². The molecule has 2 rings (SSSR count). The van der Waals surface area contributed by atoms with Crippen LogP contribution in [0.3, 0.4) is 0 Å². The Morgan fingerprint density at radius 2 is 2.21 bits per heavy atom. The summed E-state index contributed by atoms with van der Waals surface area (Å²) in [5, 5.41) is 0. The molecule has 14 heavy (non-hydrogen) atoms. The van der Waals surface area contributed by atoms with Crippen LogP contribution in [0.5, 0.6) is 0 Å². The topological polar surface area (TPSA) is 9.23 Å². The predicted molar refractivity (Wildman–Crippen MR) is 56.5 cm³/mol. The van der Waals surface area contributed by atoms with Gasteiger partial charge in [0.25, 0.3) is 0 Å². The van der Waals surface area contributed by atoms with Crippen molar-refractivity contribution in [3.63, 3.8) is 0 Å². The molecule has 0 amide bonds. The molecule has 1 aliphatic rings. The second kappa shape index (κ2) is 4.41. The highest BCUT2D eigenvalue weighted by Crippen LogP contribution is 2.29. The van der Waals surface area contributed by atoms with E-state index >= 15 is 0 Å². The minimum Gasteiger partial charge on any atom is -0.376 e. The summed E-state index contributed by atoms with van der Waals surface area (Å²) in [4.78, 5) is 0. The van der Waals surface area contributed by atoms with Crippen LogP contribution < -0.4 is 0 Å². The minimum atomic E-state index is -0.210. The molecule has 1 nitrogen and oxygen atoms in total. The van der Waals surface area contributed by atoms with Crippen LogP contribution in [0.1, 0.15) is 18.4 Å². The van der Waals surface area contributed by atoms with Gasteiger partial charge in [-0.15, -0.1) is 0 Å². The standard InChI is InChI=1S/C11H12BrFO/c12-11-4-3-10(13)5-9(11)7-14-6-8-1-2-8/h3-5,8H,1-2,6-7H2. The highest BCUT2D eigenvalue weighted by atomic mass is 79.9. The molecule has 1 aliphatic carbocycles. The van der Waals surface area contributed by atoms with Gasteiger partial charge in [0.2, 0.25) is 0 Å². The third kappa shape index (κ3) is 2.79. The van der Waals surface area contributed by atoms with Crippen molar-refractivity contribution in [1.82, 2.24) is 0 Å². The molecule has 1 aromatic rings. The van der Waals surface area contributed by atoms with E-state index in [1.54, 1.807) is 6.07 Å². The van der Waals surface area contributed by atoms with E-state index in [-0.39, 0.29) is 5.82 Å². The maximum atomic E-state index is 12.9. The van der Waals surface area contributed by atoms with Gasteiger partial charge in [-0.1, -0.05) is 15.9 Å². The number of hydrogen-bond donors (Lipinski definition) is 0. The van der Waals surface area contributed by atoms with Crippen molar-refractivity contribution in [2.45, 2.75) is 19.4 Å². The lowest BCUT2D eigenvalue weighted by Gasteiger charge is -2.05. The Morgan fingerprint density at radius 3 is 2.93 bits per heavy atom. The summed E-state index contributed by atoms with van der Waals surface area (Å²) in [6.45, 7) is 1.30. The first-order valence-corrected chi connectivity index (χ1v) is 5.56. The van der Waals surface area contributed by atoms with Gasteiger partial charge >= 0.3 is 0 Å². The van der Waals surface area contributed by atoms with E-state index in [9.17, 15) is 4.39 Å². The molecule has 1 saturated carbocycles. The molecular weight excluding hydrogens is 247 g/mol. The van der Waals surface area contributed by atoms with Gasteiger partial charge in [-0.3, -0.25) is 0 Å². The maximum absolute atomic E-state index is 12.9. The molecule has 0 heterocycles. The van der Waals surface area contributed by atoms with Gasteiger partial charge in [0, 0.05) is 11.1 Å². The third-order valence-corrected chi connectivity index (χ3v) is 3.09. The summed E-state index contributed by atoms with van der Waals surface area (Å²) in [6, 6.07) is 4.66. The number of benzene rings is 1. The normalized spacial score (nSPS) is 15.9. The smallest absolute Gasteiger partial charge is 0.123 e. The van der Waals surface area contributed by atoms with Crippen LogP contribution in [0, 0.1) is 11.7 Å². The molecule has 0 aliphatic heterocycles. The van der Waals surface area contributed by atoms with Crippen LogP contribution in [0.15, 0.2) is 22.7 Å². The molecule has 0 N–H and O–H groups in total. The highest BCUT2D eigenvalue weighted by Gasteiger charge is 2.21. The van der Waals surface area contributed by atoms with E-state index in [1.807, 2.05) is 0 Å². The summed E-state index contributed by atoms with van der Waals surface area (Å²) < 4.78 is 19.3. The zero-order valence-corrected chi connectivity index (χ0v) is 9.39. The summed E-state index contributed by atoms with van der Waals surface area (Å²) in [5.41, 5.74) is 0.880. The highest BCUT2D eigenvalue weighted by molar-refractivity contribution is 9.10. The Morgan fingerprint density at radius 1 is 1.43 bits per heavy atom. The van der Waals surface area contributed by atoms with Crippen molar-refractivity contribution in [1.29, 1.82) is 0 Å². The number of hydrogen-bond acceptors (Lipinski definition) is 1. The molecule has 0 bridgehead atoms. The fraction of sp³-hybridized carbons (Fsp3) is 0.455. The van der Waals surface area contributed by atoms with E-state index in [2.05, 4.69) is 15.9 Å². The van der Waals surface area contributed by atoms with Crippen LogP contribution in [-0.2, 0) is 11.3 Å². The van der Waals surface area contributed by atoms with Crippen LogP contribution >= 0.6 is 15.9 Å². The second-order valence-corrected chi connectivity index (χ2v) is 4.55. The van der Waals surface area contributed by atoms with Gasteiger partial charge < -0.3 is 4.74 Å². The van der Waals surface area contributed by atoms with Crippen LogP contribution in [0.4, 0.5) is 4.39 Å². The number of halogens is 2. The zero-order valence-electron chi connectivity index (χ0n) is 7.80. The molecule has 0 saturated heterocycles. The van der Waals surface area contributed by atoms with Gasteiger partial charge in [-0.05, 0) is 42.5 Å². The van der Waals surface area contributed by atoms with E-state index in [1.165, 1.54) is 25.0 Å². The number of ether oxygens (including phenoxy) is 1. The lowest BCUT2D eigenvalue weighted by molar-refractivity contribution is 0.110.